The summed E-state index contributed by atoms with van der Waals surface area (Å²) < 4.78 is 0. The number of hydrogen-bond acceptors (Lipinski definition) is 1. The molecule has 1 fully saturated rings. The SMILES string of the molecule is O=C[C@H]1CC[C@H](c2ccccc2)CC1. The summed E-state index contributed by atoms with van der Waals surface area (Å²) in [5, 5.41) is 0. The second-order valence-corrected chi connectivity index (χ2v) is 4.16. The summed E-state index contributed by atoms with van der Waals surface area (Å²) in [6, 6.07) is 10.7. The van der Waals surface area contributed by atoms with Gasteiger partial charge in [-0.05, 0) is 37.2 Å². The molecule has 1 saturated carbocycles. The maximum atomic E-state index is 10.6. The molecule has 14 heavy (non-hydrogen) atoms. The Morgan fingerprint density at radius 2 is 1.64 bits per heavy atom. The molecular weight excluding hydrogens is 172 g/mol. The van der Waals surface area contributed by atoms with E-state index >= 15 is 0 Å². The summed E-state index contributed by atoms with van der Waals surface area (Å²) in [5.41, 5.74) is 1.44. The van der Waals surface area contributed by atoms with Crippen molar-refractivity contribution in [2.45, 2.75) is 31.6 Å². The van der Waals surface area contributed by atoms with Crippen LogP contribution in [0.2, 0.25) is 0 Å². The van der Waals surface area contributed by atoms with Crippen LogP contribution < -0.4 is 0 Å². The van der Waals surface area contributed by atoms with Crippen LogP contribution in [0.1, 0.15) is 37.2 Å². The average Bonchev–Trinajstić information content (AvgIpc) is 2.30. The third-order valence-electron chi connectivity index (χ3n) is 3.24. The van der Waals surface area contributed by atoms with Crippen molar-refractivity contribution in [3.05, 3.63) is 35.9 Å². The lowest BCUT2D eigenvalue weighted by Crippen LogP contribution is -2.13. The van der Waals surface area contributed by atoms with Crippen LogP contribution >= 0.6 is 0 Å². The predicted octanol–water partition coefficient (Wildman–Crippen LogP) is 3.16. The first-order chi connectivity index (χ1) is 6.90. The smallest absolute Gasteiger partial charge is 0.123 e. The van der Waals surface area contributed by atoms with E-state index in [1.807, 2.05) is 0 Å². The van der Waals surface area contributed by atoms with Crippen molar-refractivity contribution in [3.63, 3.8) is 0 Å². The number of carbonyl (C=O) groups is 1. The van der Waals surface area contributed by atoms with E-state index in [4.69, 9.17) is 0 Å². The first-order valence-corrected chi connectivity index (χ1v) is 5.40. The second kappa shape index (κ2) is 4.41. The lowest BCUT2D eigenvalue weighted by atomic mass is 9.79. The van der Waals surface area contributed by atoms with Gasteiger partial charge in [-0.2, -0.15) is 0 Å². The molecule has 0 saturated heterocycles. The zero-order valence-corrected chi connectivity index (χ0v) is 8.36. The van der Waals surface area contributed by atoms with Crippen molar-refractivity contribution in [2.24, 2.45) is 5.92 Å². The molecule has 1 heteroatoms. The molecule has 1 aliphatic rings. The van der Waals surface area contributed by atoms with Crippen molar-refractivity contribution in [3.8, 4) is 0 Å². The molecule has 0 spiro atoms. The van der Waals surface area contributed by atoms with Gasteiger partial charge in [0, 0.05) is 5.92 Å². The number of carbonyl (C=O) groups excluding carboxylic acids is 1. The zero-order valence-electron chi connectivity index (χ0n) is 8.36. The van der Waals surface area contributed by atoms with E-state index in [9.17, 15) is 4.79 Å². The minimum Gasteiger partial charge on any atom is -0.303 e. The normalized spacial score (nSPS) is 27.1. The third-order valence-corrected chi connectivity index (χ3v) is 3.24. The Morgan fingerprint density at radius 1 is 1.00 bits per heavy atom. The molecule has 2 rings (SSSR count). The van der Waals surface area contributed by atoms with Crippen LogP contribution in [0.5, 0.6) is 0 Å². The molecule has 0 N–H and O–H groups in total. The van der Waals surface area contributed by atoms with E-state index in [0.29, 0.717) is 11.8 Å². The van der Waals surface area contributed by atoms with Crippen molar-refractivity contribution in [1.82, 2.24) is 0 Å². The number of benzene rings is 1. The van der Waals surface area contributed by atoms with Crippen molar-refractivity contribution < 1.29 is 4.79 Å². The van der Waals surface area contributed by atoms with E-state index in [1.54, 1.807) is 0 Å². The Morgan fingerprint density at radius 3 is 2.21 bits per heavy atom. The van der Waals surface area contributed by atoms with Gasteiger partial charge in [0.2, 0.25) is 0 Å². The van der Waals surface area contributed by atoms with Gasteiger partial charge in [-0.15, -0.1) is 0 Å². The number of aldehydes is 1. The van der Waals surface area contributed by atoms with Gasteiger partial charge in [0.05, 0.1) is 0 Å². The van der Waals surface area contributed by atoms with Crippen LogP contribution in [0.15, 0.2) is 30.3 Å². The van der Waals surface area contributed by atoms with Crippen molar-refractivity contribution in [2.75, 3.05) is 0 Å². The highest BCUT2D eigenvalue weighted by Gasteiger charge is 2.21. The molecular formula is C13H16O. The fraction of sp³-hybridized carbons (Fsp3) is 0.462. The fourth-order valence-electron chi connectivity index (χ4n) is 2.31. The van der Waals surface area contributed by atoms with Crippen LogP contribution in [0.25, 0.3) is 0 Å². The largest absolute Gasteiger partial charge is 0.303 e. The Kier molecular flexibility index (Phi) is 2.97. The molecule has 0 aromatic heterocycles. The average molecular weight is 188 g/mol. The van der Waals surface area contributed by atoms with Gasteiger partial charge in [0.25, 0.3) is 0 Å². The minimum atomic E-state index is 0.329. The van der Waals surface area contributed by atoms with E-state index in [-0.39, 0.29) is 0 Å². The Labute approximate surface area is 85.1 Å². The summed E-state index contributed by atoms with van der Waals surface area (Å²) in [6.45, 7) is 0. The van der Waals surface area contributed by atoms with Gasteiger partial charge in [-0.3, -0.25) is 0 Å². The molecule has 0 aliphatic heterocycles. The molecule has 0 heterocycles. The van der Waals surface area contributed by atoms with Crippen LogP contribution in [0, 0.1) is 5.92 Å². The first kappa shape index (κ1) is 9.45. The summed E-state index contributed by atoms with van der Waals surface area (Å²) >= 11 is 0. The predicted molar refractivity (Wildman–Crippen MR) is 57.2 cm³/mol. The van der Waals surface area contributed by atoms with Gasteiger partial charge >= 0.3 is 0 Å². The van der Waals surface area contributed by atoms with Gasteiger partial charge in [0.1, 0.15) is 6.29 Å². The van der Waals surface area contributed by atoms with E-state index in [1.165, 1.54) is 18.4 Å². The standard InChI is InChI=1S/C13H16O/c14-10-11-6-8-13(9-7-11)12-4-2-1-3-5-12/h1-5,10-11,13H,6-9H2/t11-,13-. The Hall–Kier alpha value is -1.11. The molecule has 0 radical (unpaired) electrons. The Balaban J connectivity index is 1.99. The van der Waals surface area contributed by atoms with Gasteiger partial charge in [-0.1, -0.05) is 30.3 Å². The number of rotatable bonds is 2. The van der Waals surface area contributed by atoms with Crippen LogP contribution in [0.3, 0.4) is 0 Å². The summed E-state index contributed by atoms with van der Waals surface area (Å²) in [5.74, 6) is 1.02. The highest BCUT2D eigenvalue weighted by atomic mass is 16.1. The maximum Gasteiger partial charge on any atom is 0.123 e. The maximum absolute atomic E-state index is 10.6. The van der Waals surface area contributed by atoms with Crippen molar-refractivity contribution >= 4 is 6.29 Å². The van der Waals surface area contributed by atoms with E-state index in [0.717, 1.165) is 19.1 Å². The van der Waals surface area contributed by atoms with Gasteiger partial charge in [0.15, 0.2) is 0 Å². The lowest BCUT2D eigenvalue weighted by Gasteiger charge is -2.25. The highest BCUT2D eigenvalue weighted by molar-refractivity contribution is 5.53. The molecule has 1 aromatic rings. The molecule has 0 amide bonds. The topological polar surface area (TPSA) is 17.1 Å². The summed E-state index contributed by atoms with van der Waals surface area (Å²) in [4.78, 5) is 10.6. The van der Waals surface area contributed by atoms with E-state index < -0.39 is 0 Å². The molecule has 1 aromatic carbocycles. The molecule has 74 valence electrons. The third kappa shape index (κ3) is 2.03. The number of hydrogen-bond donors (Lipinski definition) is 0. The molecule has 0 bridgehead atoms. The monoisotopic (exact) mass is 188 g/mol. The van der Waals surface area contributed by atoms with Crippen molar-refractivity contribution in [1.29, 1.82) is 0 Å². The Bertz CT molecular complexity index is 283. The highest BCUT2D eigenvalue weighted by Crippen LogP contribution is 2.34. The van der Waals surface area contributed by atoms with E-state index in [2.05, 4.69) is 30.3 Å². The second-order valence-electron chi connectivity index (χ2n) is 4.16. The quantitative estimate of drug-likeness (QED) is 0.651. The first-order valence-electron chi connectivity index (χ1n) is 5.40. The fourth-order valence-corrected chi connectivity index (χ4v) is 2.31. The zero-order chi connectivity index (χ0) is 9.80. The van der Waals surface area contributed by atoms with Gasteiger partial charge in [-0.25, -0.2) is 0 Å². The van der Waals surface area contributed by atoms with Crippen LogP contribution in [0.4, 0.5) is 0 Å². The van der Waals surface area contributed by atoms with Crippen LogP contribution in [-0.2, 0) is 4.79 Å². The summed E-state index contributed by atoms with van der Waals surface area (Å²) in [7, 11) is 0. The van der Waals surface area contributed by atoms with Gasteiger partial charge < -0.3 is 4.79 Å². The minimum absolute atomic E-state index is 0.329. The molecule has 1 nitrogen and oxygen atoms in total. The summed E-state index contributed by atoms with van der Waals surface area (Å²) in [6.07, 6.45) is 5.62. The molecule has 0 atom stereocenters. The van der Waals surface area contributed by atoms with Crippen LogP contribution in [-0.4, -0.2) is 6.29 Å². The molecule has 1 aliphatic carbocycles. The lowest BCUT2D eigenvalue weighted by molar-refractivity contribution is -0.111. The molecule has 0 unspecified atom stereocenters.